The van der Waals surface area contributed by atoms with E-state index in [0.29, 0.717) is 50.0 Å². The highest BCUT2D eigenvalue weighted by Crippen LogP contribution is 2.23. The summed E-state index contributed by atoms with van der Waals surface area (Å²) in [5, 5.41) is 4.09. The number of hydrogen-bond acceptors (Lipinski definition) is 4. The second-order valence-corrected chi connectivity index (χ2v) is 9.12. The first-order chi connectivity index (χ1) is 13.4. The van der Waals surface area contributed by atoms with Crippen molar-refractivity contribution in [2.75, 3.05) is 26.2 Å². The molecule has 1 aliphatic heterocycles. The lowest BCUT2D eigenvalue weighted by molar-refractivity contribution is -0.132. The summed E-state index contributed by atoms with van der Waals surface area (Å²) in [5.41, 5.74) is 1.15. The minimum Gasteiger partial charge on any atom is -0.340 e. The Bertz CT molecular complexity index is 871. The average Bonchev–Trinajstić information content (AvgIpc) is 3.25. The van der Waals surface area contributed by atoms with Crippen molar-refractivity contribution < 1.29 is 13.2 Å². The Balaban J connectivity index is 1.56. The number of carbonyl (C=O) groups excluding carboxylic acids is 1. The summed E-state index contributed by atoms with van der Waals surface area (Å²) in [7, 11) is -3.53. The zero-order chi connectivity index (χ0) is 20.1. The molecule has 152 valence electrons. The van der Waals surface area contributed by atoms with E-state index < -0.39 is 10.0 Å². The molecule has 3 rings (SSSR count). The van der Waals surface area contributed by atoms with Gasteiger partial charge in [-0.25, -0.2) is 8.42 Å². The van der Waals surface area contributed by atoms with Crippen LogP contribution in [0.25, 0.3) is 0 Å². The minimum atomic E-state index is -3.53. The third-order valence-electron chi connectivity index (χ3n) is 5.40. The summed E-state index contributed by atoms with van der Waals surface area (Å²) in [5.74, 6) is 0.443. The van der Waals surface area contributed by atoms with Crippen LogP contribution in [0.2, 0.25) is 0 Å². The molecule has 0 radical (unpaired) electrons. The van der Waals surface area contributed by atoms with Crippen LogP contribution in [0.4, 0.5) is 0 Å². The maximum atomic E-state index is 12.9. The van der Waals surface area contributed by atoms with E-state index in [9.17, 15) is 13.2 Å². The maximum absolute atomic E-state index is 12.9. The second kappa shape index (κ2) is 8.87. The molecule has 1 aromatic heterocycles. The summed E-state index contributed by atoms with van der Waals surface area (Å²) in [6.07, 6.45) is 4.89. The fourth-order valence-corrected chi connectivity index (χ4v) is 4.75. The van der Waals surface area contributed by atoms with E-state index in [4.69, 9.17) is 0 Å². The first kappa shape index (κ1) is 20.5. The van der Waals surface area contributed by atoms with E-state index in [1.165, 1.54) is 4.31 Å². The molecule has 0 bridgehead atoms. The van der Waals surface area contributed by atoms with E-state index in [0.717, 1.165) is 12.0 Å². The quantitative estimate of drug-likeness (QED) is 0.710. The Morgan fingerprint density at radius 1 is 1.14 bits per heavy atom. The molecule has 2 aromatic rings. The number of hydrogen-bond donors (Lipinski definition) is 0. The van der Waals surface area contributed by atoms with Gasteiger partial charge < -0.3 is 4.90 Å². The topological polar surface area (TPSA) is 75.5 Å². The SMILES string of the molecule is CCC(C)c1ccc(S(=O)(=O)N2CCN(C(=O)CCn3cccn3)CC2)cc1. The number of nitrogens with zero attached hydrogens (tertiary/aromatic N) is 4. The van der Waals surface area contributed by atoms with E-state index in [-0.39, 0.29) is 5.91 Å². The maximum Gasteiger partial charge on any atom is 0.243 e. The summed E-state index contributed by atoms with van der Waals surface area (Å²) in [6, 6.07) is 9.01. The van der Waals surface area contributed by atoms with E-state index in [1.807, 2.05) is 24.4 Å². The molecular formula is C20H28N4O3S. The number of amides is 1. The zero-order valence-corrected chi connectivity index (χ0v) is 17.3. The van der Waals surface area contributed by atoms with Crippen LogP contribution in [-0.2, 0) is 21.4 Å². The Morgan fingerprint density at radius 2 is 1.82 bits per heavy atom. The van der Waals surface area contributed by atoms with Gasteiger partial charge in [-0.15, -0.1) is 0 Å². The monoisotopic (exact) mass is 404 g/mol. The largest absolute Gasteiger partial charge is 0.340 e. The van der Waals surface area contributed by atoms with Crippen molar-refractivity contribution in [1.82, 2.24) is 19.0 Å². The predicted molar refractivity (Wildman–Crippen MR) is 107 cm³/mol. The van der Waals surface area contributed by atoms with Crippen molar-refractivity contribution in [2.24, 2.45) is 0 Å². The molecule has 0 saturated carbocycles. The molecule has 8 heteroatoms. The van der Waals surface area contributed by atoms with Gasteiger partial charge in [-0.1, -0.05) is 26.0 Å². The molecule has 1 aromatic carbocycles. The standard InChI is InChI=1S/C20H28N4O3S/c1-3-17(2)18-5-7-19(8-6-18)28(26,27)24-15-13-22(14-16-24)20(25)9-12-23-11-4-10-21-23/h4-8,10-11,17H,3,9,12-16H2,1-2H3. The van der Waals surface area contributed by atoms with E-state index >= 15 is 0 Å². The zero-order valence-electron chi connectivity index (χ0n) is 16.5. The van der Waals surface area contributed by atoms with Gasteiger partial charge in [-0.3, -0.25) is 9.48 Å². The first-order valence-electron chi connectivity index (χ1n) is 9.77. The van der Waals surface area contributed by atoms with Crippen LogP contribution in [0, 0.1) is 0 Å². The fraction of sp³-hybridized carbons (Fsp3) is 0.500. The molecule has 1 unspecified atom stereocenters. The summed E-state index contributed by atoms with van der Waals surface area (Å²) >= 11 is 0. The van der Waals surface area contributed by atoms with Crippen molar-refractivity contribution in [2.45, 2.75) is 44.0 Å². The molecule has 1 saturated heterocycles. The van der Waals surface area contributed by atoms with Crippen molar-refractivity contribution in [3.8, 4) is 0 Å². The smallest absolute Gasteiger partial charge is 0.243 e. The first-order valence-corrected chi connectivity index (χ1v) is 11.2. The van der Waals surface area contributed by atoms with Gasteiger partial charge in [0.1, 0.15) is 0 Å². The number of benzene rings is 1. The van der Waals surface area contributed by atoms with Gasteiger partial charge in [-0.05, 0) is 36.1 Å². The molecular weight excluding hydrogens is 376 g/mol. The molecule has 2 heterocycles. The highest BCUT2D eigenvalue weighted by Gasteiger charge is 2.30. The lowest BCUT2D eigenvalue weighted by Crippen LogP contribution is -2.50. The average molecular weight is 405 g/mol. The van der Waals surface area contributed by atoms with Crippen molar-refractivity contribution in [1.29, 1.82) is 0 Å². The van der Waals surface area contributed by atoms with Gasteiger partial charge in [0, 0.05) is 51.5 Å². The van der Waals surface area contributed by atoms with Gasteiger partial charge in [0.2, 0.25) is 15.9 Å². The van der Waals surface area contributed by atoms with Crippen LogP contribution in [0.1, 0.15) is 38.2 Å². The number of aromatic nitrogens is 2. The summed E-state index contributed by atoms with van der Waals surface area (Å²) < 4.78 is 29.0. The molecule has 1 amide bonds. The van der Waals surface area contributed by atoms with Gasteiger partial charge in [0.05, 0.1) is 4.90 Å². The third kappa shape index (κ3) is 4.62. The highest BCUT2D eigenvalue weighted by atomic mass is 32.2. The Morgan fingerprint density at radius 3 is 2.39 bits per heavy atom. The number of rotatable bonds is 7. The van der Waals surface area contributed by atoms with E-state index in [2.05, 4.69) is 18.9 Å². The van der Waals surface area contributed by atoms with Gasteiger partial charge in [0.15, 0.2) is 0 Å². The second-order valence-electron chi connectivity index (χ2n) is 7.18. The van der Waals surface area contributed by atoms with Crippen LogP contribution in [-0.4, -0.2) is 59.5 Å². The molecule has 1 atom stereocenters. The molecule has 1 fully saturated rings. The van der Waals surface area contributed by atoms with Gasteiger partial charge in [0.25, 0.3) is 0 Å². The Kier molecular flexibility index (Phi) is 6.51. The van der Waals surface area contributed by atoms with Crippen molar-refractivity contribution in [3.63, 3.8) is 0 Å². The molecule has 0 spiro atoms. The number of sulfonamides is 1. The molecule has 28 heavy (non-hydrogen) atoms. The number of piperazine rings is 1. The fourth-order valence-electron chi connectivity index (χ4n) is 3.33. The Hall–Kier alpha value is -2.19. The lowest BCUT2D eigenvalue weighted by Gasteiger charge is -2.34. The van der Waals surface area contributed by atoms with Gasteiger partial charge in [-0.2, -0.15) is 9.40 Å². The lowest BCUT2D eigenvalue weighted by atomic mass is 9.99. The minimum absolute atomic E-state index is 0.0328. The normalized spacial score (nSPS) is 16.9. The number of carbonyl (C=O) groups is 1. The summed E-state index contributed by atoms with van der Waals surface area (Å²) in [4.78, 5) is 14.4. The summed E-state index contributed by atoms with van der Waals surface area (Å²) in [6.45, 7) is 6.26. The van der Waals surface area contributed by atoms with Crippen molar-refractivity contribution >= 4 is 15.9 Å². The molecule has 1 aliphatic rings. The predicted octanol–water partition coefficient (Wildman–Crippen LogP) is 2.32. The molecule has 7 nitrogen and oxygen atoms in total. The van der Waals surface area contributed by atoms with Crippen molar-refractivity contribution in [3.05, 3.63) is 48.3 Å². The van der Waals surface area contributed by atoms with E-state index in [1.54, 1.807) is 27.9 Å². The van der Waals surface area contributed by atoms with Gasteiger partial charge >= 0.3 is 0 Å². The molecule has 0 N–H and O–H groups in total. The van der Waals surface area contributed by atoms with Crippen LogP contribution in [0.15, 0.2) is 47.6 Å². The third-order valence-corrected chi connectivity index (χ3v) is 7.32. The highest BCUT2D eigenvalue weighted by molar-refractivity contribution is 7.89. The van der Waals surface area contributed by atoms with Crippen LogP contribution >= 0.6 is 0 Å². The Labute approximate surface area is 167 Å². The number of aryl methyl sites for hydroxylation is 1. The van der Waals surface area contributed by atoms with Crippen LogP contribution in [0.5, 0.6) is 0 Å². The van der Waals surface area contributed by atoms with Crippen LogP contribution in [0.3, 0.4) is 0 Å². The molecule has 0 aliphatic carbocycles. The van der Waals surface area contributed by atoms with Crippen LogP contribution < -0.4 is 0 Å².